The molecule has 0 aromatic heterocycles. The second-order valence-corrected chi connectivity index (χ2v) is 6.46. The summed E-state index contributed by atoms with van der Waals surface area (Å²) < 4.78 is 1.17. The van der Waals surface area contributed by atoms with Gasteiger partial charge in [-0.15, -0.1) is 0 Å². The average Bonchev–Trinajstić information content (AvgIpc) is 2.71. The minimum absolute atomic E-state index is 0.822. The molecule has 0 spiro atoms. The van der Waals surface area contributed by atoms with Gasteiger partial charge in [-0.3, -0.25) is 9.80 Å². The Morgan fingerprint density at radius 1 is 1.06 bits per heavy atom. The summed E-state index contributed by atoms with van der Waals surface area (Å²) >= 11 is 3.50. The van der Waals surface area contributed by atoms with Crippen LogP contribution in [0.1, 0.15) is 24.8 Å². The summed E-state index contributed by atoms with van der Waals surface area (Å²) in [6.07, 6.45) is 4.13. The van der Waals surface area contributed by atoms with Crippen molar-refractivity contribution in [1.29, 1.82) is 0 Å². The lowest BCUT2D eigenvalue weighted by Gasteiger charge is -2.25. The van der Waals surface area contributed by atoms with Crippen LogP contribution in [0.4, 0.5) is 0 Å². The molecule has 1 aromatic rings. The van der Waals surface area contributed by atoms with E-state index in [2.05, 4.69) is 50.0 Å². The van der Waals surface area contributed by atoms with Crippen molar-refractivity contribution in [3.8, 4) is 0 Å². The van der Waals surface area contributed by atoms with Crippen molar-refractivity contribution < 1.29 is 0 Å². The fraction of sp³-hybridized carbons (Fsp3) is 0.600. The summed E-state index contributed by atoms with van der Waals surface area (Å²) in [5, 5.41) is 0. The van der Waals surface area contributed by atoms with Gasteiger partial charge in [-0.05, 0) is 56.6 Å². The number of hydrogen-bond donors (Lipinski definition) is 0. The van der Waals surface area contributed by atoms with Gasteiger partial charge in [0.1, 0.15) is 0 Å². The predicted octanol–water partition coefficient (Wildman–Crippen LogP) is 3.12. The first kappa shape index (κ1) is 12.6. The fourth-order valence-electron chi connectivity index (χ4n) is 3.27. The van der Waals surface area contributed by atoms with Gasteiger partial charge in [-0.25, -0.2) is 0 Å². The maximum Gasteiger partial charge on any atom is 0.0234 e. The Balaban J connectivity index is 1.63. The molecule has 3 rings (SSSR count). The third kappa shape index (κ3) is 2.95. The number of halogens is 1. The molecule has 2 fully saturated rings. The highest BCUT2D eigenvalue weighted by Crippen LogP contribution is 2.22. The predicted molar refractivity (Wildman–Crippen MR) is 78.6 cm³/mol. The molecule has 98 valence electrons. The van der Waals surface area contributed by atoms with Crippen molar-refractivity contribution in [2.75, 3.05) is 26.2 Å². The van der Waals surface area contributed by atoms with Crippen LogP contribution >= 0.6 is 15.9 Å². The molecule has 3 heteroatoms. The maximum absolute atomic E-state index is 3.50. The summed E-state index contributed by atoms with van der Waals surface area (Å²) in [6, 6.07) is 9.59. The zero-order valence-corrected chi connectivity index (χ0v) is 12.4. The normalized spacial score (nSPS) is 25.9. The molecule has 0 saturated carbocycles. The second kappa shape index (κ2) is 5.72. The molecule has 0 bridgehead atoms. The zero-order chi connectivity index (χ0) is 12.4. The monoisotopic (exact) mass is 308 g/mol. The Kier molecular flexibility index (Phi) is 4.02. The Morgan fingerprint density at radius 2 is 1.83 bits per heavy atom. The van der Waals surface area contributed by atoms with Gasteiger partial charge < -0.3 is 0 Å². The first-order valence-corrected chi connectivity index (χ1v) is 7.81. The summed E-state index contributed by atoms with van der Waals surface area (Å²) in [7, 11) is 0. The van der Waals surface area contributed by atoms with E-state index < -0.39 is 0 Å². The maximum atomic E-state index is 3.50. The minimum atomic E-state index is 0.822. The van der Waals surface area contributed by atoms with Crippen LogP contribution in [0.25, 0.3) is 0 Å². The number of benzene rings is 1. The van der Waals surface area contributed by atoms with Crippen LogP contribution < -0.4 is 0 Å². The summed E-state index contributed by atoms with van der Waals surface area (Å²) in [4.78, 5) is 5.33. The summed E-state index contributed by atoms with van der Waals surface area (Å²) in [6.45, 7) is 6.26. The van der Waals surface area contributed by atoms with Crippen molar-refractivity contribution in [3.63, 3.8) is 0 Å². The van der Waals surface area contributed by atoms with Crippen LogP contribution in [0.3, 0.4) is 0 Å². The van der Waals surface area contributed by atoms with Gasteiger partial charge in [-0.2, -0.15) is 0 Å². The fourth-order valence-corrected chi connectivity index (χ4v) is 3.54. The molecule has 1 aromatic carbocycles. The van der Waals surface area contributed by atoms with Crippen LogP contribution in [0.15, 0.2) is 28.7 Å². The van der Waals surface area contributed by atoms with Crippen molar-refractivity contribution in [2.24, 2.45) is 0 Å². The smallest absolute Gasteiger partial charge is 0.0234 e. The minimum Gasteiger partial charge on any atom is -0.299 e. The second-order valence-electron chi connectivity index (χ2n) is 5.55. The zero-order valence-electron chi connectivity index (χ0n) is 10.8. The molecule has 2 nitrogen and oxygen atoms in total. The number of nitrogens with zero attached hydrogens (tertiary/aromatic N) is 2. The molecule has 2 saturated heterocycles. The highest BCUT2D eigenvalue weighted by atomic mass is 79.9. The van der Waals surface area contributed by atoms with Gasteiger partial charge >= 0.3 is 0 Å². The first-order valence-electron chi connectivity index (χ1n) is 7.02. The molecule has 2 aliphatic heterocycles. The van der Waals surface area contributed by atoms with E-state index in [-0.39, 0.29) is 0 Å². The van der Waals surface area contributed by atoms with Crippen LogP contribution in [0, 0.1) is 0 Å². The number of rotatable bonds is 2. The highest BCUT2D eigenvalue weighted by molar-refractivity contribution is 9.10. The van der Waals surface area contributed by atoms with Gasteiger partial charge in [0, 0.05) is 23.6 Å². The van der Waals surface area contributed by atoms with Crippen molar-refractivity contribution >= 4 is 15.9 Å². The van der Waals surface area contributed by atoms with Crippen molar-refractivity contribution in [2.45, 2.75) is 31.8 Å². The largest absolute Gasteiger partial charge is 0.299 e. The van der Waals surface area contributed by atoms with E-state index in [1.54, 1.807) is 0 Å². The van der Waals surface area contributed by atoms with E-state index in [4.69, 9.17) is 0 Å². The lowest BCUT2D eigenvalue weighted by Crippen LogP contribution is -2.36. The van der Waals surface area contributed by atoms with E-state index in [1.807, 2.05) is 0 Å². The number of fused-ring (bicyclic) bond motifs is 1. The van der Waals surface area contributed by atoms with Gasteiger partial charge in [-0.1, -0.05) is 28.1 Å². The van der Waals surface area contributed by atoms with E-state index >= 15 is 0 Å². The molecule has 0 N–H and O–H groups in total. The van der Waals surface area contributed by atoms with Gasteiger partial charge in [0.15, 0.2) is 0 Å². The van der Waals surface area contributed by atoms with E-state index in [0.29, 0.717) is 0 Å². The molecule has 18 heavy (non-hydrogen) atoms. The van der Waals surface area contributed by atoms with Gasteiger partial charge in [0.2, 0.25) is 0 Å². The average molecular weight is 309 g/mol. The van der Waals surface area contributed by atoms with Crippen molar-refractivity contribution in [1.82, 2.24) is 9.80 Å². The molecule has 0 amide bonds. The summed E-state index contributed by atoms with van der Waals surface area (Å²) in [5.41, 5.74) is 1.43. The Labute approximate surface area is 118 Å². The molecular weight excluding hydrogens is 288 g/mol. The molecule has 1 unspecified atom stereocenters. The molecule has 0 radical (unpaired) electrons. The van der Waals surface area contributed by atoms with Gasteiger partial charge in [0.05, 0.1) is 0 Å². The van der Waals surface area contributed by atoms with Crippen molar-refractivity contribution in [3.05, 3.63) is 34.3 Å². The molecular formula is C15H21BrN2. The Morgan fingerprint density at radius 3 is 2.67 bits per heavy atom. The SMILES string of the molecule is Brc1ccc(CN2CCCN3CCCC3C2)cc1. The molecule has 0 aliphatic carbocycles. The van der Waals surface area contributed by atoms with Crippen LogP contribution in [0.5, 0.6) is 0 Å². The summed E-state index contributed by atoms with van der Waals surface area (Å²) in [5.74, 6) is 0. The molecule has 2 aliphatic rings. The topological polar surface area (TPSA) is 6.48 Å². The Bertz CT molecular complexity index is 390. The standard InChI is InChI=1S/C15H21BrN2/c16-14-6-4-13(5-7-14)11-17-8-2-10-18-9-1-3-15(18)12-17/h4-7,15H,1-3,8-12H2. The third-order valence-corrected chi connectivity index (χ3v) is 4.74. The molecule has 1 atom stereocenters. The Hall–Kier alpha value is -0.380. The highest BCUT2D eigenvalue weighted by Gasteiger charge is 2.28. The van der Waals surface area contributed by atoms with E-state index in [1.165, 1.54) is 55.5 Å². The molecule has 2 heterocycles. The quantitative estimate of drug-likeness (QED) is 0.828. The van der Waals surface area contributed by atoms with Gasteiger partial charge in [0.25, 0.3) is 0 Å². The number of hydrogen-bond acceptors (Lipinski definition) is 2. The lowest BCUT2D eigenvalue weighted by atomic mass is 10.1. The van der Waals surface area contributed by atoms with E-state index in [9.17, 15) is 0 Å². The van der Waals surface area contributed by atoms with Crippen LogP contribution in [0.2, 0.25) is 0 Å². The third-order valence-electron chi connectivity index (χ3n) is 4.21. The van der Waals surface area contributed by atoms with E-state index in [0.717, 1.165) is 12.6 Å². The first-order chi connectivity index (χ1) is 8.81. The van der Waals surface area contributed by atoms with Crippen LogP contribution in [-0.4, -0.2) is 42.0 Å². The lowest BCUT2D eigenvalue weighted by molar-refractivity contribution is 0.215. The van der Waals surface area contributed by atoms with Crippen LogP contribution in [-0.2, 0) is 6.54 Å².